The molecule has 6 nitrogen and oxygen atoms in total. The van der Waals surface area contributed by atoms with Gasteiger partial charge in [-0.25, -0.2) is 9.59 Å². The first-order valence-corrected chi connectivity index (χ1v) is 9.08. The molecular weight excluding hydrogens is 372 g/mol. The molecule has 152 valence electrons. The summed E-state index contributed by atoms with van der Waals surface area (Å²) in [4.78, 5) is 23.8. The number of carbonyl (C=O) groups is 2. The van der Waals surface area contributed by atoms with Crippen molar-refractivity contribution in [2.24, 2.45) is 5.41 Å². The monoisotopic (exact) mass is 396 g/mol. The second-order valence-corrected chi connectivity index (χ2v) is 6.52. The molecule has 0 saturated heterocycles. The molecule has 2 aromatic rings. The average Bonchev–Trinajstić information content (AvgIpc) is 2.78. The summed E-state index contributed by atoms with van der Waals surface area (Å²) in [5.41, 5.74) is 0.380. The fourth-order valence-corrected chi connectivity index (χ4v) is 2.28. The number of ether oxygens (including phenoxy) is 2. The van der Waals surface area contributed by atoms with Gasteiger partial charge in [0, 0.05) is 12.2 Å². The SMILES string of the molecule is O=C(/C=C/c1ccccc1)OCC(CO)(CO)COC(=O)/C=C/c1ccccc1. The Kier molecular flexibility index (Phi) is 8.82. The smallest absolute Gasteiger partial charge is 0.330 e. The van der Waals surface area contributed by atoms with E-state index in [0.29, 0.717) is 0 Å². The van der Waals surface area contributed by atoms with E-state index >= 15 is 0 Å². The lowest BCUT2D eigenvalue weighted by Crippen LogP contribution is -2.40. The third kappa shape index (κ3) is 7.73. The van der Waals surface area contributed by atoms with Gasteiger partial charge in [0.05, 0.1) is 18.6 Å². The molecule has 0 radical (unpaired) electrons. The van der Waals surface area contributed by atoms with Crippen molar-refractivity contribution in [1.29, 1.82) is 0 Å². The molecule has 0 aromatic heterocycles. The van der Waals surface area contributed by atoms with E-state index < -0.39 is 30.6 Å². The summed E-state index contributed by atoms with van der Waals surface area (Å²) in [6, 6.07) is 18.4. The Morgan fingerprint density at radius 2 is 1.10 bits per heavy atom. The number of hydrogen-bond acceptors (Lipinski definition) is 6. The lowest BCUT2D eigenvalue weighted by atomic mass is 9.92. The number of rotatable bonds is 10. The zero-order chi connectivity index (χ0) is 21.0. The largest absolute Gasteiger partial charge is 0.462 e. The Labute approximate surface area is 169 Å². The molecule has 2 aromatic carbocycles. The number of hydrogen-bond donors (Lipinski definition) is 2. The van der Waals surface area contributed by atoms with Crippen molar-refractivity contribution >= 4 is 24.1 Å². The molecule has 0 aliphatic rings. The maximum absolute atomic E-state index is 11.9. The first kappa shape index (κ1) is 22.1. The van der Waals surface area contributed by atoms with Crippen LogP contribution >= 0.6 is 0 Å². The molecular formula is C23H24O6. The highest BCUT2D eigenvalue weighted by atomic mass is 16.5. The Morgan fingerprint density at radius 1 is 0.724 bits per heavy atom. The summed E-state index contributed by atoms with van der Waals surface area (Å²) >= 11 is 0. The zero-order valence-electron chi connectivity index (χ0n) is 15.9. The summed E-state index contributed by atoms with van der Waals surface area (Å²) in [7, 11) is 0. The van der Waals surface area contributed by atoms with E-state index in [4.69, 9.17) is 9.47 Å². The van der Waals surface area contributed by atoms with Gasteiger partial charge in [-0.1, -0.05) is 60.7 Å². The lowest BCUT2D eigenvalue weighted by Gasteiger charge is -2.28. The maximum atomic E-state index is 11.9. The van der Waals surface area contributed by atoms with Gasteiger partial charge in [-0.05, 0) is 23.3 Å². The van der Waals surface area contributed by atoms with Crippen LogP contribution in [0.5, 0.6) is 0 Å². The van der Waals surface area contributed by atoms with Crippen LogP contribution < -0.4 is 0 Å². The van der Waals surface area contributed by atoms with Gasteiger partial charge in [0.15, 0.2) is 0 Å². The second-order valence-electron chi connectivity index (χ2n) is 6.52. The number of benzene rings is 2. The molecule has 0 heterocycles. The molecule has 2 rings (SSSR count). The Morgan fingerprint density at radius 3 is 1.45 bits per heavy atom. The number of aliphatic hydroxyl groups excluding tert-OH is 2. The molecule has 0 spiro atoms. The normalized spacial score (nSPS) is 11.7. The summed E-state index contributed by atoms with van der Waals surface area (Å²) in [6.07, 6.45) is 5.69. The van der Waals surface area contributed by atoms with Crippen LogP contribution in [0.3, 0.4) is 0 Å². The molecule has 29 heavy (non-hydrogen) atoms. The van der Waals surface area contributed by atoms with Crippen LogP contribution in [0.25, 0.3) is 12.2 Å². The summed E-state index contributed by atoms with van der Waals surface area (Å²) < 4.78 is 10.2. The third-order valence-corrected chi connectivity index (χ3v) is 4.13. The van der Waals surface area contributed by atoms with E-state index in [-0.39, 0.29) is 13.2 Å². The van der Waals surface area contributed by atoms with E-state index in [1.165, 1.54) is 12.2 Å². The molecule has 0 aliphatic carbocycles. The quantitative estimate of drug-likeness (QED) is 0.473. The molecule has 0 saturated carbocycles. The highest BCUT2D eigenvalue weighted by molar-refractivity contribution is 5.87. The van der Waals surface area contributed by atoms with Gasteiger partial charge in [0.1, 0.15) is 13.2 Å². The number of esters is 2. The number of carbonyl (C=O) groups excluding carboxylic acids is 2. The van der Waals surface area contributed by atoms with Crippen molar-refractivity contribution in [3.8, 4) is 0 Å². The third-order valence-electron chi connectivity index (χ3n) is 4.13. The van der Waals surface area contributed by atoms with Crippen LogP contribution in [0.2, 0.25) is 0 Å². The van der Waals surface area contributed by atoms with Gasteiger partial charge < -0.3 is 19.7 Å². The Balaban J connectivity index is 1.86. The standard InChI is InChI=1S/C23H24O6/c24-15-23(16-25,17-28-21(26)13-11-19-7-3-1-4-8-19)18-29-22(27)14-12-20-9-5-2-6-10-20/h1-14,24-25H,15-18H2/b13-11+,14-12+. The molecule has 0 unspecified atom stereocenters. The number of aliphatic hydroxyl groups is 2. The fourth-order valence-electron chi connectivity index (χ4n) is 2.28. The van der Waals surface area contributed by atoms with Crippen LogP contribution in [-0.2, 0) is 19.1 Å². The molecule has 0 bridgehead atoms. The van der Waals surface area contributed by atoms with E-state index in [2.05, 4.69) is 0 Å². The van der Waals surface area contributed by atoms with Gasteiger partial charge >= 0.3 is 11.9 Å². The maximum Gasteiger partial charge on any atom is 0.330 e. The van der Waals surface area contributed by atoms with E-state index in [1.54, 1.807) is 12.2 Å². The average molecular weight is 396 g/mol. The molecule has 0 fully saturated rings. The van der Waals surface area contributed by atoms with Crippen LogP contribution in [0.1, 0.15) is 11.1 Å². The summed E-state index contributed by atoms with van der Waals surface area (Å²) in [6.45, 7) is -1.63. The first-order chi connectivity index (χ1) is 14.1. The fraction of sp³-hybridized carbons (Fsp3) is 0.217. The molecule has 2 N–H and O–H groups in total. The van der Waals surface area contributed by atoms with Crippen molar-refractivity contribution < 1.29 is 29.3 Å². The van der Waals surface area contributed by atoms with Crippen LogP contribution in [0.4, 0.5) is 0 Å². The van der Waals surface area contributed by atoms with Crippen LogP contribution in [0.15, 0.2) is 72.8 Å². The molecule has 0 aliphatic heterocycles. The van der Waals surface area contributed by atoms with Gasteiger partial charge in [0.25, 0.3) is 0 Å². The second kappa shape index (κ2) is 11.6. The van der Waals surface area contributed by atoms with Gasteiger partial charge in [0.2, 0.25) is 0 Å². The van der Waals surface area contributed by atoms with Crippen molar-refractivity contribution in [2.45, 2.75) is 0 Å². The molecule has 0 amide bonds. The minimum atomic E-state index is -1.29. The van der Waals surface area contributed by atoms with Crippen LogP contribution in [0, 0.1) is 5.41 Å². The van der Waals surface area contributed by atoms with Gasteiger partial charge in [-0.3, -0.25) is 0 Å². The molecule has 0 atom stereocenters. The van der Waals surface area contributed by atoms with Crippen LogP contribution in [-0.4, -0.2) is 48.6 Å². The summed E-state index contributed by atoms with van der Waals surface area (Å²) in [5.74, 6) is -1.26. The predicted molar refractivity (Wildman–Crippen MR) is 109 cm³/mol. The molecule has 6 heteroatoms. The van der Waals surface area contributed by atoms with Crippen molar-refractivity contribution in [2.75, 3.05) is 26.4 Å². The lowest BCUT2D eigenvalue weighted by molar-refractivity contribution is -0.152. The van der Waals surface area contributed by atoms with Gasteiger partial charge in [-0.2, -0.15) is 0 Å². The summed E-state index contributed by atoms with van der Waals surface area (Å²) in [5, 5.41) is 19.3. The van der Waals surface area contributed by atoms with Crippen molar-refractivity contribution in [3.63, 3.8) is 0 Å². The van der Waals surface area contributed by atoms with Gasteiger partial charge in [-0.15, -0.1) is 0 Å². The zero-order valence-corrected chi connectivity index (χ0v) is 15.9. The van der Waals surface area contributed by atoms with E-state index in [9.17, 15) is 19.8 Å². The van der Waals surface area contributed by atoms with E-state index in [1.807, 2.05) is 60.7 Å². The highest BCUT2D eigenvalue weighted by Gasteiger charge is 2.32. The topological polar surface area (TPSA) is 93.1 Å². The predicted octanol–water partition coefficient (Wildman–Crippen LogP) is 2.47. The first-order valence-electron chi connectivity index (χ1n) is 9.08. The van der Waals surface area contributed by atoms with E-state index in [0.717, 1.165) is 11.1 Å². The Hall–Kier alpha value is -3.22. The highest BCUT2D eigenvalue weighted by Crippen LogP contribution is 2.18. The minimum absolute atomic E-state index is 0.298. The Bertz CT molecular complexity index is 755. The van der Waals surface area contributed by atoms with Crippen molar-refractivity contribution in [3.05, 3.63) is 83.9 Å². The van der Waals surface area contributed by atoms with Crippen molar-refractivity contribution in [1.82, 2.24) is 0 Å². The minimum Gasteiger partial charge on any atom is -0.462 e.